The smallest absolute Gasteiger partial charge is 0.416 e. The van der Waals surface area contributed by atoms with Crippen LogP contribution in [0.2, 0.25) is 5.02 Å². The number of hydrogen-bond donors (Lipinski definition) is 1. The summed E-state index contributed by atoms with van der Waals surface area (Å²) in [6.45, 7) is 0. The molecular weight excluding hydrogens is 465 g/mol. The second kappa shape index (κ2) is 9.70. The second-order valence-electron chi connectivity index (χ2n) is 7.09. The summed E-state index contributed by atoms with van der Waals surface area (Å²) in [5.74, 6) is -2.39. The average molecular weight is 483 g/mol. The van der Waals surface area contributed by atoms with Gasteiger partial charge in [-0.2, -0.15) is 13.2 Å². The molecule has 1 heterocycles. The van der Waals surface area contributed by atoms with E-state index in [1.165, 1.54) is 17.3 Å². The first kappa shape index (κ1) is 23.7. The maximum atomic E-state index is 13.1. The van der Waals surface area contributed by atoms with Gasteiger partial charge in [0.15, 0.2) is 5.13 Å². The Balaban J connectivity index is 1.86. The van der Waals surface area contributed by atoms with Gasteiger partial charge in [0.05, 0.1) is 28.6 Å². The van der Waals surface area contributed by atoms with Gasteiger partial charge in [0.2, 0.25) is 5.91 Å². The van der Waals surface area contributed by atoms with Crippen LogP contribution in [0.1, 0.15) is 17.5 Å². The molecule has 0 saturated carbocycles. The Labute approximate surface area is 191 Å². The van der Waals surface area contributed by atoms with Crippen LogP contribution in [-0.2, 0) is 22.2 Å². The molecule has 2 aromatic carbocycles. The second-order valence-corrected chi connectivity index (χ2v) is 8.33. The van der Waals surface area contributed by atoms with Crippen molar-refractivity contribution in [2.75, 3.05) is 11.9 Å². The molecule has 5 nitrogen and oxygen atoms in total. The summed E-state index contributed by atoms with van der Waals surface area (Å²) in [5, 5.41) is 11.1. The minimum atomic E-state index is -4.54. The van der Waals surface area contributed by atoms with E-state index in [9.17, 15) is 27.9 Å². The molecule has 0 aliphatic carbocycles. The molecular formula is C22H18ClF3N2O3S. The zero-order valence-electron chi connectivity index (χ0n) is 16.8. The zero-order valence-corrected chi connectivity index (χ0v) is 18.3. The lowest BCUT2D eigenvalue weighted by molar-refractivity contribution is -0.140. The Morgan fingerprint density at radius 3 is 2.50 bits per heavy atom. The van der Waals surface area contributed by atoms with E-state index < -0.39 is 29.5 Å². The number of carbonyl (C=O) groups is 2. The minimum Gasteiger partial charge on any atom is -0.481 e. The molecule has 0 aliphatic rings. The lowest BCUT2D eigenvalue weighted by Gasteiger charge is -2.21. The van der Waals surface area contributed by atoms with Crippen molar-refractivity contribution < 1.29 is 27.9 Å². The van der Waals surface area contributed by atoms with Gasteiger partial charge >= 0.3 is 12.1 Å². The third-order valence-electron chi connectivity index (χ3n) is 4.77. The van der Waals surface area contributed by atoms with Crippen molar-refractivity contribution in [3.63, 3.8) is 0 Å². The number of carbonyl (C=O) groups excluding carboxylic acids is 1. The maximum absolute atomic E-state index is 13.1. The van der Waals surface area contributed by atoms with Gasteiger partial charge in [-0.05, 0) is 30.2 Å². The van der Waals surface area contributed by atoms with Crippen LogP contribution in [0.15, 0.2) is 53.9 Å². The number of rotatable bonds is 7. The fourth-order valence-electron chi connectivity index (χ4n) is 3.16. The molecule has 0 bridgehead atoms. The highest BCUT2D eigenvalue weighted by atomic mass is 35.5. The number of amides is 1. The van der Waals surface area contributed by atoms with Gasteiger partial charge in [0.25, 0.3) is 0 Å². The van der Waals surface area contributed by atoms with Crippen LogP contribution < -0.4 is 4.90 Å². The molecule has 32 heavy (non-hydrogen) atoms. The normalized spacial score (nSPS) is 12.4. The maximum Gasteiger partial charge on any atom is 0.416 e. The van der Waals surface area contributed by atoms with Gasteiger partial charge in [-0.3, -0.25) is 14.5 Å². The van der Waals surface area contributed by atoms with Crippen LogP contribution in [-0.4, -0.2) is 29.0 Å². The molecule has 0 aliphatic heterocycles. The lowest BCUT2D eigenvalue weighted by Crippen LogP contribution is -2.35. The topological polar surface area (TPSA) is 70.5 Å². The Hall–Kier alpha value is -2.91. The third kappa shape index (κ3) is 5.66. The first-order valence-electron chi connectivity index (χ1n) is 9.42. The van der Waals surface area contributed by atoms with E-state index in [1.54, 1.807) is 24.3 Å². The van der Waals surface area contributed by atoms with Gasteiger partial charge in [-0.15, -0.1) is 11.3 Å². The Kier molecular flexibility index (Phi) is 7.20. The highest BCUT2D eigenvalue weighted by Gasteiger charge is 2.32. The van der Waals surface area contributed by atoms with Crippen molar-refractivity contribution >= 4 is 39.9 Å². The van der Waals surface area contributed by atoms with Crippen molar-refractivity contribution in [2.24, 2.45) is 5.92 Å². The Morgan fingerprint density at radius 1 is 1.19 bits per heavy atom. The standard InChI is InChI=1S/C22H18ClF3N2O3S/c1-28(20(31)14(10-19(29)30)9-13-5-3-2-4-6-13)21-27-18(12-32-21)16-11-15(22(24,25)26)7-8-17(16)23/h2-8,11-12,14H,9-10H2,1H3,(H,29,30)/t14-/m1/s1. The van der Waals surface area contributed by atoms with Crippen molar-refractivity contribution in [1.82, 2.24) is 4.98 Å². The number of carboxylic acids is 1. The molecule has 0 unspecified atom stereocenters. The number of carboxylic acid groups (broad SMARTS) is 1. The van der Waals surface area contributed by atoms with Crippen LogP contribution in [0.4, 0.5) is 18.3 Å². The van der Waals surface area contributed by atoms with Crippen molar-refractivity contribution in [3.8, 4) is 11.3 Å². The molecule has 10 heteroatoms. The van der Waals surface area contributed by atoms with Gasteiger partial charge in [-0.25, -0.2) is 4.98 Å². The number of thiazole rings is 1. The van der Waals surface area contributed by atoms with Crippen LogP contribution in [0, 0.1) is 5.92 Å². The molecule has 0 saturated heterocycles. The molecule has 1 aromatic heterocycles. The highest BCUT2D eigenvalue weighted by molar-refractivity contribution is 7.14. The van der Waals surface area contributed by atoms with Crippen LogP contribution in [0.25, 0.3) is 11.3 Å². The van der Waals surface area contributed by atoms with E-state index in [0.29, 0.717) is 0 Å². The predicted molar refractivity (Wildman–Crippen MR) is 117 cm³/mol. The third-order valence-corrected chi connectivity index (χ3v) is 6.02. The minimum absolute atomic E-state index is 0.0937. The quantitative estimate of drug-likeness (QED) is 0.463. The van der Waals surface area contributed by atoms with E-state index in [1.807, 2.05) is 6.07 Å². The van der Waals surface area contributed by atoms with Crippen LogP contribution >= 0.6 is 22.9 Å². The summed E-state index contributed by atoms with van der Waals surface area (Å²) < 4.78 is 39.2. The SMILES string of the molecule is CN(C(=O)[C@@H](CC(=O)O)Cc1ccccc1)c1nc(-c2cc(C(F)(F)F)ccc2Cl)cs1. The predicted octanol–water partition coefficient (Wildman–Crippen LogP) is 5.78. The first-order chi connectivity index (χ1) is 15.1. The summed E-state index contributed by atoms with van der Waals surface area (Å²) in [5.41, 5.74) is 0.242. The van der Waals surface area contributed by atoms with Crippen molar-refractivity contribution in [3.05, 3.63) is 70.1 Å². The van der Waals surface area contributed by atoms with Crippen LogP contribution in [0.3, 0.4) is 0 Å². The fourth-order valence-corrected chi connectivity index (χ4v) is 4.17. The van der Waals surface area contributed by atoms with Gasteiger partial charge in [0, 0.05) is 18.0 Å². The van der Waals surface area contributed by atoms with Crippen molar-refractivity contribution in [1.29, 1.82) is 0 Å². The molecule has 3 aromatic rings. The molecule has 1 atom stereocenters. The summed E-state index contributed by atoms with van der Waals surface area (Å²) in [6.07, 6.45) is -4.67. The fraction of sp³-hybridized carbons (Fsp3) is 0.227. The monoisotopic (exact) mass is 482 g/mol. The number of anilines is 1. The summed E-state index contributed by atoms with van der Waals surface area (Å²) in [4.78, 5) is 29.9. The van der Waals surface area contributed by atoms with Gasteiger partial charge in [0.1, 0.15) is 0 Å². The van der Waals surface area contributed by atoms with E-state index in [0.717, 1.165) is 35.1 Å². The molecule has 3 rings (SSSR count). The zero-order chi connectivity index (χ0) is 23.5. The van der Waals surface area contributed by atoms with E-state index in [2.05, 4.69) is 4.98 Å². The number of aromatic nitrogens is 1. The summed E-state index contributed by atoms with van der Waals surface area (Å²) in [6, 6.07) is 12.0. The molecule has 1 N–H and O–H groups in total. The average Bonchev–Trinajstić information content (AvgIpc) is 3.22. The largest absolute Gasteiger partial charge is 0.481 e. The van der Waals surface area contributed by atoms with Crippen molar-refractivity contribution in [2.45, 2.75) is 19.0 Å². The number of nitrogens with zero attached hydrogens (tertiary/aromatic N) is 2. The number of benzene rings is 2. The number of alkyl halides is 3. The molecule has 168 valence electrons. The molecule has 1 amide bonds. The van der Waals surface area contributed by atoms with Crippen LogP contribution in [0.5, 0.6) is 0 Å². The highest BCUT2D eigenvalue weighted by Crippen LogP contribution is 2.37. The Morgan fingerprint density at radius 2 is 1.88 bits per heavy atom. The number of aliphatic carboxylic acids is 1. The lowest BCUT2D eigenvalue weighted by atomic mass is 9.95. The summed E-state index contributed by atoms with van der Waals surface area (Å²) >= 11 is 7.13. The van der Waals surface area contributed by atoms with E-state index in [4.69, 9.17) is 11.6 Å². The molecule has 0 spiro atoms. The van der Waals surface area contributed by atoms with E-state index >= 15 is 0 Å². The Bertz CT molecular complexity index is 1120. The van der Waals surface area contributed by atoms with E-state index in [-0.39, 0.29) is 34.3 Å². The molecule has 0 radical (unpaired) electrons. The summed E-state index contributed by atoms with van der Waals surface area (Å²) in [7, 11) is 1.46. The molecule has 0 fully saturated rings. The number of halogens is 4. The first-order valence-corrected chi connectivity index (χ1v) is 10.7. The van der Waals surface area contributed by atoms with Gasteiger partial charge < -0.3 is 5.11 Å². The van der Waals surface area contributed by atoms with Gasteiger partial charge in [-0.1, -0.05) is 41.9 Å². The number of hydrogen-bond acceptors (Lipinski definition) is 4.